The van der Waals surface area contributed by atoms with Gasteiger partial charge < -0.3 is 10.5 Å². The van der Waals surface area contributed by atoms with Crippen molar-refractivity contribution in [3.63, 3.8) is 0 Å². The van der Waals surface area contributed by atoms with Crippen LogP contribution in [-0.4, -0.2) is 43.3 Å². The van der Waals surface area contributed by atoms with Crippen LogP contribution in [0, 0.1) is 5.92 Å². The Bertz CT molecular complexity index is 218. The minimum Gasteiger partial charge on any atom is -0.383 e. The molecule has 2 aliphatic rings. The maximum Gasteiger partial charge on any atom is 0.0620 e. The fourth-order valence-electron chi connectivity index (χ4n) is 3.26. The third kappa shape index (κ3) is 2.58. The smallest absolute Gasteiger partial charge is 0.0620 e. The molecule has 0 amide bonds. The second-order valence-electron chi connectivity index (χ2n) is 5.48. The first-order valence-electron chi connectivity index (χ1n) is 6.74. The maximum absolute atomic E-state index is 5.93. The van der Waals surface area contributed by atoms with Gasteiger partial charge in [-0.05, 0) is 38.5 Å². The summed E-state index contributed by atoms with van der Waals surface area (Å²) < 4.78 is 5.42. The standard InChI is InChI=1S/C13H26N2O/c1-10-4-3-5-12(8-14)15(10)13(9-16-2)11-6-7-11/h10-13H,3-9,14H2,1-2H3. The van der Waals surface area contributed by atoms with Gasteiger partial charge in [0.05, 0.1) is 6.61 Å². The van der Waals surface area contributed by atoms with E-state index in [4.69, 9.17) is 10.5 Å². The molecule has 1 saturated carbocycles. The van der Waals surface area contributed by atoms with Gasteiger partial charge in [0.2, 0.25) is 0 Å². The van der Waals surface area contributed by atoms with Crippen molar-refractivity contribution in [1.82, 2.24) is 4.90 Å². The number of nitrogens with zero attached hydrogens (tertiary/aromatic N) is 1. The lowest BCUT2D eigenvalue weighted by Crippen LogP contribution is -2.55. The van der Waals surface area contributed by atoms with Gasteiger partial charge in [-0.25, -0.2) is 0 Å². The minimum atomic E-state index is 0.587. The van der Waals surface area contributed by atoms with Crippen LogP contribution in [0.25, 0.3) is 0 Å². The van der Waals surface area contributed by atoms with E-state index in [0.717, 1.165) is 19.1 Å². The zero-order chi connectivity index (χ0) is 11.5. The normalized spacial score (nSPS) is 33.9. The van der Waals surface area contributed by atoms with Crippen LogP contribution >= 0.6 is 0 Å². The van der Waals surface area contributed by atoms with Gasteiger partial charge in [-0.15, -0.1) is 0 Å². The summed E-state index contributed by atoms with van der Waals surface area (Å²) in [4.78, 5) is 2.67. The van der Waals surface area contributed by atoms with Crippen molar-refractivity contribution in [2.24, 2.45) is 11.7 Å². The molecule has 1 saturated heterocycles. The maximum atomic E-state index is 5.93. The predicted octanol–water partition coefficient (Wildman–Crippen LogP) is 1.61. The molecule has 0 aromatic carbocycles. The molecule has 0 spiro atoms. The van der Waals surface area contributed by atoms with Crippen molar-refractivity contribution in [2.75, 3.05) is 20.3 Å². The van der Waals surface area contributed by atoms with Gasteiger partial charge in [-0.2, -0.15) is 0 Å². The number of hydrogen-bond donors (Lipinski definition) is 1. The summed E-state index contributed by atoms with van der Waals surface area (Å²) in [7, 11) is 1.82. The van der Waals surface area contributed by atoms with E-state index >= 15 is 0 Å². The summed E-state index contributed by atoms with van der Waals surface area (Å²) in [6.45, 7) is 4.04. The molecule has 0 radical (unpaired) electrons. The van der Waals surface area contributed by atoms with Crippen LogP contribution in [0.15, 0.2) is 0 Å². The molecule has 3 nitrogen and oxygen atoms in total. The van der Waals surface area contributed by atoms with E-state index in [1.807, 2.05) is 7.11 Å². The van der Waals surface area contributed by atoms with Crippen molar-refractivity contribution in [3.8, 4) is 0 Å². The van der Waals surface area contributed by atoms with E-state index in [1.54, 1.807) is 0 Å². The van der Waals surface area contributed by atoms with Crippen LogP contribution in [-0.2, 0) is 4.74 Å². The third-order valence-corrected chi connectivity index (χ3v) is 4.25. The Kier molecular flexibility index (Phi) is 4.22. The summed E-state index contributed by atoms with van der Waals surface area (Å²) in [5, 5.41) is 0. The lowest BCUT2D eigenvalue weighted by Gasteiger charge is -2.45. The highest BCUT2D eigenvalue weighted by atomic mass is 16.5. The molecule has 94 valence electrons. The van der Waals surface area contributed by atoms with Crippen molar-refractivity contribution in [1.29, 1.82) is 0 Å². The lowest BCUT2D eigenvalue weighted by molar-refractivity contribution is 0.000609. The lowest BCUT2D eigenvalue weighted by atomic mass is 9.93. The first-order valence-corrected chi connectivity index (χ1v) is 6.74. The van der Waals surface area contributed by atoms with Crippen LogP contribution in [0.4, 0.5) is 0 Å². The quantitative estimate of drug-likeness (QED) is 0.774. The van der Waals surface area contributed by atoms with Gasteiger partial charge in [-0.1, -0.05) is 6.42 Å². The molecule has 2 N–H and O–H groups in total. The number of piperidine rings is 1. The molecule has 3 atom stereocenters. The second kappa shape index (κ2) is 5.48. The molecule has 1 heterocycles. The van der Waals surface area contributed by atoms with E-state index < -0.39 is 0 Å². The molecule has 16 heavy (non-hydrogen) atoms. The summed E-state index contributed by atoms with van der Waals surface area (Å²) in [6.07, 6.45) is 6.70. The highest BCUT2D eigenvalue weighted by Gasteiger charge is 2.40. The monoisotopic (exact) mass is 226 g/mol. The van der Waals surface area contributed by atoms with Crippen molar-refractivity contribution in [3.05, 3.63) is 0 Å². The fraction of sp³-hybridized carbons (Fsp3) is 1.00. The van der Waals surface area contributed by atoms with Gasteiger partial charge in [-0.3, -0.25) is 4.90 Å². The SMILES string of the molecule is COCC(C1CC1)N1C(C)CCCC1CN. The van der Waals surface area contributed by atoms with Crippen LogP contribution < -0.4 is 5.73 Å². The van der Waals surface area contributed by atoms with Crippen molar-refractivity contribution in [2.45, 2.75) is 57.2 Å². The Morgan fingerprint density at radius 1 is 1.31 bits per heavy atom. The third-order valence-electron chi connectivity index (χ3n) is 4.25. The zero-order valence-electron chi connectivity index (χ0n) is 10.7. The van der Waals surface area contributed by atoms with E-state index in [-0.39, 0.29) is 0 Å². The molecule has 3 heteroatoms. The molecule has 1 aliphatic heterocycles. The van der Waals surface area contributed by atoms with Gasteiger partial charge >= 0.3 is 0 Å². The summed E-state index contributed by atoms with van der Waals surface area (Å²) in [5.41, 5.74) is 5.93. The number of methoxy groups -OCH3 is 1. The number of hydrogen-bond acceptors (Lipinski definition) is 3. The minimum absolute atomic E-state index is 0.587. The van der Waals surface area contributed by atoms with Gasteiger partial charge in [0.25, 0.3) is 0 Å². The van der Waals surface area contributed by atoms with Gasteiger partial charge in [0.15, 0.2) is 0 Å². The highest BCUT2D eigenvalue weighted by Crippen LogP contribution is 2.39. The van der Waals surface area contributed by atoms with Crippen LogP contribution in [0.5, 0.6) is 0 Å². The Morgan fingerprint density at radius 2 is 2.06 bits per heavy atom. The summed E-state index contributed by atoms with van der Waals surface area (Å²) in [6, 6.07) is 1.89. The Balaban J connectivity index is 2.05. The first-order chi connectivity index (χ1) is 7.77. The average molecular weight is 226 g/mol. The molecule has 0 aromatic heterocycles. The van der Waals surface area contributed by atoms with Gasteiger partial charge in [0, 0.05) is 31.8 Å². The molecule has 2 rings (SSSR count). The van der Waals surface area contributed by atoms with Gasteiger partial charge in [0.1, 0.15) is 0 Å². The number of likely N-dealkylation sites (tertiary alicyclic amines) is 1. The zero-order valence-corrected chi connectivity index (χ0v) is 10.7. The number of rotatable bonds is 5. The van der Waals surface area contributed by atoms with Crippen LogP contribution in [0.2, 0.25) is 0 Å². The van der Waals surface area contributed by atoms with E-state index in [2.05, 4.69) is 11.8 Å². The van der Waals surface area contributed by atoms with E-state index in [0.29, 0.717) is 18.1 Å². The summed E-state index contributed by atoms with van der Waals surface area (Å²) in [5.74, 6) is 0.870. The topological polar surface area (TPSA) is 38.5 Å². The predicted molar refractivity (Wildman–Crippen MR) is 66.4 cm³/mol. The Labute approximate surface area is 99.3 Å². The largest absolute Gasteiger partial charge is 0.383 e. The molecule has 1 aliphatic carbocycles. The molecule has 2 fully saturated rings. The second-order valence-corrected chi connectivity index (χ2v) is 5.48. The fourth-order valence-corrected chi connectivity index (χ4v) is 3.26. The molecule has 0 aromatic rings. The number of ether oxygens (including phenoxy) is 1. The average Bonchev–Trinajstić information content (AvgIpc) is 3.10. The Hall–Kier alpha value is -0.120. The number of nitrogens with two attached hydrogens (primary N) is 1. The molecular weight excluding hydrogens is 200 g/mol. The Morgan fingerprint density at radius 3 is 2.62 bits per heavy atom. The molecular formula is C13H26N2O. The van der Waals surface area contributed by atoms with Crippen LogP contribution in [0.1, 0.15) is 39.0 Å². The summed E-state index contributed by atoms with van der Waals surface area (Å²) >= 11 is 0. The highest BCUT2D eigenvalue weighted by molar-refractivity contribution is 4.95. The van der Waals surface area contributed by atoms with Crippen molar-refractivity contribution >= 4 is 0 Å². The van der Waals surface area contributed by atoms with E-state index in [1.165, 1.54) is 32.1 Å². The molecule has 3 unspecified atom stereocenters. The molecule has 0 bridgehead atoms. The van der Waals surface area contributed by atoms with Crippen molar-refractivity contribution < 1.29 is 4.74 Å². The van der Waals surface area contributed by atoms with E-state index in [9.17, 15) is 0 Å². The van der Waals surface area contributed by atoms with Crippen LogP contribution in [0.3, 0.4) is 0 Å². The first kappa shape index (κ1) is 12.3.